The van der Waals surface area contributed by atoms with Gasteiger partial charge in [0.2, 0.25) is 5.88 Å². The molecule has 1 saturated heterocycles. The lowest BCUT2D eigenvalue weighted by Gasteiger charge is -2.25. The van der Waals surface area contributed by atoms with Gasteiger partial charge in [0.05, 0.1) is 7.11 Å². The van der Waals surface area contributed by atoms with Gasteiger partial charge < -0.3 is 9.64 Å². The lowest BCUT2D eigenvalue weighted by atomic mass is 10.1. The third-order valence-corrected chi connectivity index (χ3v) is 5.29. The maximum atomic E-state index is 13.4. The summed E-state index contributed by atoms with van der Waals surface area (Å²) in [6.45, 7) is 1.34. The predicted molar refractivity (Wildman–Crippen MR) is 92.0 cm³/mol. The first-order chi connectivity index (χ1) is 12.4. The Morgan fingerprint density at radius 2 is 2.00 bits per heavy atom. The number of anilines is 1. The highest BCUT2D eigenvalue weighted by molar-refractivity contribution is 7.17. The second-order valence-corrected chi connectivity index (χ2v) is 7.01. The molecule has 0 aromatic carbocycles. The van der Waals surface area contributed by atoms with E-state index in [1.54, 1.807) is 12.1 Å². The number of ether oxygens (including phenoxy) is 1. The molecule has 0 atom stereocenters. The Labute approximate surface area is 152 Å². The van der Waals surface area contributed by atoms with Crippen molar-refractivity contribution in [3.63, 3.8) is 0 Å². The molecule has 1 aliphatic rings. The molecule has 0 saturated carbocycles. The predicted octanol–water partition coefficient (Wildman–Crippen LogP) is 3.98. The van der Waals surface area contributed by atoms with Crippen molar-refractivity contribution < 1.29 is 22.7 Å². The van der Waals surface area contributed by atoms with Gasteiger partial charge in [-0.2, -0.15) is 13.2 Å². The van der Waals surface area contributed by atoms with Crippen LogP contribution in [0, 0.1) is 0 Å². The van der Waals surface area contributed by atoms with Crippen molar-refractivity contribution in [1.29, 1.82) is 0 Å². The molecule has 2 aromatic heterocycles. The molecule has 3 heterocycles. The zero-order valence-corrected chi connectivity index (χ0v) is 15.0. The van der Waals surface area contributed by atoms with Gasteiger partial charge in [-0.05, 0) is 24.8 Å². The molecule has 0 radical (unpaired) electrons. The summed E-state index contributed by atoms with van der Waals surface area (Å²) in [7, 11) is 1.46. The Balaban J connectivity index is 1.86. The molecule has 0 spiro atoms. The lowest BCUT2D eigenvalue weighted by Crippen LogP contribution is -2.29. The third-order valence-electron chi connectivity index (χ3n) is 4.14. The van der Waals surface area contributed by atoms with E-state index >= 15 is 0 Å². The zero-order valence-electron chi connectivity index (χ0n) is 14.2. The number of piperidine rings is 1. The van der Waals surface area contributed by atoms with Crippen molar-refractivity contribution in [3.8, 4) is 5.88 Å². The number of pyridine rings is 1. The standard InChI is InChI=1S/C17H18F3N3O2S/c1-25-13-6-5-11(10-21-13)9-12(24)14-15(17(18,19)20)22-16(26-14)23-7-3-2-4-8-23/h5-6,10H,2-4,7-9H2,1H3. The Morgan fingerprint density at radius 1 is 1.27 bits per heavy atom. The minimum absolute atomic E-state index is 0.165. The molecule has 9 heteroatoms. The van der Waals surface area contributed by atoms with Gasteiger partial charge in [-0.3, -0.25) is 4.79 Å². The van der Waals surface area contributed by atoms with Gasteiger partial charge in [-0.15, -0.1) is 0 Å². The zero-order chi connectivity index (χ0) is 18.7. The number of hydrogen-bond acceptors (Lipinski definition) is 6. The summed E-state index contributed by atoms with van der Waals surface area (Å²) in [4.78, 5) is 21.7. The number of carbonyl (C=O) groups is 1. The molecule has 0 unspecified atom stereocenters. The number of methoxy groups -OCH3 is 1. The van der Waals surface area contributed by atoms with Crippen LogP contribution in [0.2, 0.25) is 0 Å². The number of nitrogens with zero attached hydrogens (tertiary/aromatic N) is 3. The second-order valence-electron chi connectivity index (χ2n) is 6.03. The van der Waals surface area contributed by atoms with Gasteiger partial charge in [0.25, 0.3) is 0 Å². The van der Waals surface area contributed by atoms with E-state index in [2.05, 4.69) is 9.97 Å². The van der Waals surface area contributed by atoms with E-state index in [1.807, 2.05) is 4.90 Å². The second kappa shape index (κ2) is 7.61. The van der Waals surface area contributed by atoms with Crippen molar-refractivity contribution in [2.45, 2.75) is 31.9 Å². The topological polar surface area (TPSA) is 55.3 Å². The number of carbonyl (C=O) groups excluding carboxylic acids is 1. The first-order valence-electron chi connectivity index (χ1n) is 8.23. The average molecular weight is 385 g/mol. The number of halogens is 3. The van der Waals surface area contributed by atoms with E-state index in [9.17, 15) is 18.0 Å². The maximum absolute atomic E-state index is 13.4. The molecule has 1 fully saturated rings. The molecule has 1 aliphatic heterocycles. The first kappa shape index (κ1) is 18.6. The number of Topliss-reactive ketones (excluding diaryl/α,β-unsaturated/α-hetero) is 1. The van der Waals surface area contributed by atoms with E-state index in [-0.39, 0.29) is 16.4 Å². The van der Waals surface area contributed by atoms with Gasteiger partial charge in [-0.1, -0.05) is 17.4 Å². The maximum Gasteiger partial charge on any atom is 0.435 e. The Morgan fingerprint density at radius 3 is 2.58 bits per heavy atom. The van der Waals surface area contributed by atoms with Crippen LogP contribution in [0.4, 0.5) is 18.3 Å². The van der Waals surface area contributed by atoms with Crippen molar-refractivity contribution in [1.82, 2.24) is 9.97 Å². The summed E-state index contributed by atoms with van der Waals surface area (Å²) in [5.41, 5.74) is -0.564. The molecule has 0 amide bonds. The molecule has 140 valence electrons. The summed E-state index contributed by atoms with van der Waals surface area (Å²) < 4.78 is 45.0. The van der Waals surface area contributed by atoms with Gasteiger partial charge in [0.15, 0.2) is 16.6 Å². The number of hydrogen-bond donors (Lipinski definition) is 0. The molecular weight excluding hydrogens is 367 g/mol. The SMILES string of the molecule is COc1ccc(CC(=O)c2sc(N3CCCCC3)nc2C(F)(F)F)cn1. The fourth-order valence-electron chi connectivity index (χ4n) is 2.81. The first-order valence-corrected chi connectivity index (χ1v) is 9.05. The number of thiazole rings is 1. The van der Waals surface area contributed by atoms with Crippen LogP contribution in [-0.4, -0.2) is 36.0 Å². The normalized spacial score (nSPS) is 15.2. The summed E-state index contributed by atoms with van der Waals surface area (Å²) in [6.07, 6.45) is -0.500. The fraction of sp³-hybridized carbons (Fsp3) is 0.471. The van der Waals surface area contributed by atoms with Crippen LogP contribution in [0.1, 0.15) is 40.2 Å². The van der Waals surface area contributed by atoms with Crippen LogP contribution in [0.3, 0.4) is 0 Å². The van der Waals surface area contributed by atoms with Gasteiger partial charge in [0, 0.05) is 31.8 Å². The van der Waals surface area contributed by atoms with Gasteiger partial charge >= 0.3 is 6.18 Å². The van der Waals surface area contributed by atoms with Crippen LogP contribution in [0.15, 0.2) is 18.3 Å². The van der Waals surface area contributed by atoms with E-state index in [4.69, 9.17) is 4.74 Å². The summed E-state index contributed by atoms with van der Waals surface area (Å²) in [5, 5.41) is 0.272. The third kappa shape index (κ3) is 4.14. The summed E-state index contributed by atoms with van der Waals surface area (Å²) >= 11 is 0.828. The molecule has 0 bridgehead atoms. The molecule has 0 aliphatic carbocycles. The number of alkyl halides is 3. The molecule has 26 heavy (non-hydrogen) atoms. The monoisotopic (exact) mass is 385 g/mol. The summed E-state index contributed by atoms with van der Waals surface area (Å²) in [5.74, 6) is -0.229. The quantitative estimate of drug-likeness (QED) is 0.729. The van der Waals surface area contributed by atoms with E-state index in [0.717, 1.165) is 30.6 Å². The average Bonchev–Trinajstić information content (AvgIpc) is 3.09. The van der Waals surface area contributed by atoms with E-state index in [1.165, 1.54) is 13.3 Å². The lowest BCUT2D eigenvalue weighted by molar-refractivity contribution is -0.141. The van der Waals surface area contributed by atoms with Crippen LogP contribution >= 0.6 is 11.3 Å². The van der Waals surface area contributed by atoms with Crippen molar-refractivity contribution in [2.75, 3.05) is 25.1 Å². The van der Waals surface area contributed by atoms with Crippen LogP contribution in [-0.2, 0) is 12.6 Å². The summed E-state index contributed by atoms with van der Waals surface area (Å²) in [6, 6.07) is 3.18. The fourth-order valence-corrected chi connectivity index (χ4v) is 3.89. The van der Waals surface area contributed by atoms with Gasteiger partial charge in [-0.25, -0.2) is 9.97 Å². The van der Waals surface area contributed by atoms with Crippen LogP contribution in [0.25, 0.3) is 0 Å². The van der Waals surface area contributed by atoms with Crippen LogP contribution < -0.4 is 9.64 Å². The molecule has 5 nitrogen and oxygen atoms in total. The smallest absolute Gasteiger partial charge is 0.435 e. The van der Waals surface area contributed by atoms with Crippen molar-refractivity contribution >= 4 is 22.3 Å². The van der Waals surface area contributed by atoms with Crippen LogP contribution in [0.5, 0.6) is 5.88 Å². The largest absolute Gasteiger partial charge is 0.481 e. The highest BCUT2D eigenvalue weighted by Gasteiger charge is 2.40. The minimum Gasteiger partial charge on any atom is -0.481 e. The highest BCUT2D eigenvalue weighted by atomic mass is 32.1. The molecule has 3 rings (SSSR count). The Bertz CT molecular complexity index is 769. The van der Waals surface area contributed by atoms with Gasteiger partial charge in [0.1, 0.15) is 4.88 Å². The van der Waals surface area contributed by atoms with E-state index in [0.29, 0.717) is 24.5 Å². The highest BCUT2D eigenvalue weighted by Crippen LogP contribution is 2.38. The Hall–Kier alpha value is -2.16. The molecule has 2 aromatic rings. The number of aromatic nitrogens is 2. The number of rotatable bonds is 5. The number of ketones is 1. The molecular formula is C17H18F3N3O2S. The van der Waals surface area contributed by atoms with E-state index < -0.39 is 17.7 Å². The minimum atomic E-state index is -4.66. The van der Waals surface area contributed by atoms with Crippen molar-refractivity contribution in [3.05, 3.63) is 34.5 Å². The van der Waals surface area contributed by atoms with Crippen molar-refractivity contribution in [2.24, 2.45) is 0 Å². The Kier molecular flexibility index (Phi) is 5.45. The molecule has 0 N–H and O–H groups in total.